The number of carbonyl (C=O) groups excluding carboxylic acids is 3. The summed E-state index contributed by atoms with van der Waals surface area (Å²) in [5.41, 5.74) is 4.73. The number of benzene rings is 5. The molecule has 0 unspecified atom stereocenters. The zero-order valence-corrected chi connectivity index (χ0v) is 27.0. The molecule has 0 aliphatic rings. The van der Waals surface area contributed by atoms with Crippen molar-refractivity contribution >= 4 is 68.5 Å². The number of nitrogens with zero attached hydrogens (tertiary/aromatic N) is 1. The second kappa shape index (κ2) is 14.7. The lowest BCUT2D eigenvalue weighted by Gasteiger charge is -2.12. The van der Waals surface area contributed by atoms with E-state index in [1.807, 2.05) is 66.9 Å². The Morgan fingerprint density at radius 2 is 1.55 bits per heavy atom. The average Bonchev–Trinajstić information content (AvgIpc) is 3.56. The van der Waals surface area contributed by atoms with E-state index in [0.29, 0.717) is 16.4 Å². The molecule has 3 amide bonds. The minimum absolute atomic E-state index is 0.103. The first-order chi connectivity index (χ1) is 22.9. The van der Waals surface area contributed by atoms with Gasteiger partial charge in [0.25, 0.3) is 11.8 Å². The number of thioether (sulfide) groups is 1. The third-order valence-corrected chi connectivity index (χ3v) is 8.93. The number of aryl methyl sites for hydroxylation is 1. The van der Waals surface area contributed by atoms with Gasteiger partial charge in [-0.3, -0.25) is 14.4 Å². The molecule has 0 fully saturated rings. The van der Waals surface area contributed by atoms with Crippen LogP contribution in [0.4, 0.5) is 10.8 Å². The van der Waals surface area contributed by atoms with Crippen molar-refractivity contribution in [3.05, 3.63) is 149 Å². The van der Waals surface area contributed by atoms with Gasteiger partial charge in [0.15, 0.2) is 5.13 Å². The summed E-state index contributed by atoms with van der Waals surface area (Å²) in [6, 6.07) is 37.9. The molecule has 1 aromatic heterocycles. The molecule has 7 nitrogen and oxygen atoms in total. The molecule has 0 radical (unpaired) electrons. The normalized spacial score (nSPS) is 11.2. The summed E-state index contributed by atoms with van der Waals surface area (Å²) in [5, 5.41) is 13.3. The lowest BCUT2D eigenvalue weighted by atomic mass is 10.1. The smallest absolute Gasteiger partial charge is 0.272 e. The topological polar surface area (TPSA) is 100 Å². The minimum atomic E-state index is -0.472. The van der Waals surface area contributed by atoms with E-state index in [4.69, 9.17) is 0 Å². The quantitative estimate of drug-likeness (QED) is 0.102. The van der Waals surface area contributed by atoms with Crippen LogP contribution in [0.1, 0.15) is 21.5 Å². The highest BCUT2D eigenvalue weighted by Crippen LogP contribution is 2.28. The Morgan fingerprint density at radius 3 is 2.36 bits per heavy atom. The van der Waals surface area contributed by atoms with E-state index >= 15 is 0 Å². The van der Waals surface area contributed by atoms with Gasteiger partial charge in [-0.25, -0.2) is 4.98 Å². The van der Waals surface area contributed by atoms with Gasteiger partial charge in [0.1, 0.15) is 5.70 Å². The van der Waals surface area contributed by atoms with Gasteiger partial charge >= 0.3 is 0 Å². The van der Waals surface area contributed by atoms with Crippen molar-refractivity contribution in [3.8, 4) is 11.3 Å². The van der Waals surface area contributed by atoms with E-state index in [1.165, 1.54) is 23.1 Å². The maximum Gasteiger partial charge on any atom is 0.272 e. The van der Waals surface area contributed by atoms with Gasteiger partial charge in [0, 0.05) is 27.1 Å². The van der Waals surface area contributed by atoms with Gasteiger partial charge < -0.3 is 16.0 Å². The molecular weight excluding hydrogens is 625 g/mol. The molecule has 0 saturated heterocycles. The molecule has 5 aromatic carbocycles. The number of amides is 3. The Hall–Kier alpha value is -5.51. The molecular formula is C38H30N4O3S2. The van der Waals surface area contributed by atoms with Gasteiger partial charge in [0.05, 0.1) is 11.4 Å². The largest absolute Gasteiger partial charge is 0.321 e. The highest BCUT2D eigenvalue weighted by atomic mass is 32.2. The maximum absolute atomic E-state index is 13.4. The second-order valence-corrected chi connectivity index (χ2v) is 12.6. The van der Waals surface area contributed by atoms with Crippen LogP contribution < -0.4 is 16.0 Å². The molecule has 6 aromatic rings. The third-order valence-electron chi connectivity index (χ3n) is 7.17. The molecule has 0 saturated carbocycles. The van der Waals surface area contributed by atoms with E-state index < -0.39 is 5.91 Å². The summed E-state index contributed by atoms with van der Waals surface area (Å²) in [6.07, 6.45) is 1.64. The van der Waals surface area contributed by atoms with Crippen molar-refractivity contribution in [1.29, 1.82) is 0 Å². The minimum Gasteiger partial charge on any atom is -0.321 e. The number of fused-ring (bicyclic) bond motifs is 1. The van der Waals surface area contributed by atoms with Crippen LogP contribution in [0.25, 0.3) is 28.1 Å². The lowest BCUT2D eigenvalue weighted by molar-refractivity contribution is -0.114. The predicted molar refractivity (Wildman–Crippen MR) is 193 cm³/mol. The fraction of sp³-hybridized carbons (Fsp3) is 0.0526. The molecule has 6 rings (SSSR count). The van der Waals surface area contributed by atoms with Crippen LogP contribution in [-0.4, -0.2) is 28.5 Å². The number of aromatic nitrogens is 1. The van der Waals surface area contributed by atoms with E-state index in [1.54, 1.807) is 48.5 Å². The lowest BCUT2D eigenvalue weighted by Crippen LogP contribution is -2.30. The number of anilines is 2. The molecule has 47 heavy (non-hydrogen) atoms. The van der Waals surface area contributed by atoms with Crippen LogP contribution in [0.5, 0.6) is 0 Å². The van der Waals surface area contributed by atoms with Crippen molar-refractivity contribution in [2.45, 2.75) is 11.8 Å². The summed E-state index contributed by atoms with van der Waals surface area (Å²) in [7, 11) is 0. The van der Waals surface area contributed by atoms with E-state index in [-0.39, 0.29) is 23.3 Å². The molecule has 0 bridgehead atoms. The molecule has 0 spiro atoms. The van der Waals surface area contributed by atoms with E-state index in [0.717, 1.165) is 38.1 Å². The summed E-state index contributed by atoms with van der Waals surface area (Å²) in [4.78, 5) is 44.6. The maximum atomic E-state index is 13.4. The molecule has 232 valence electrons. The fourth-order valence-electron chi connectivity index (χ4n) is 4.75. The van der Waals surface area contributed by atoms with Crippen LogP contribution in [0.15, 0.2) is 137 Å². The first-order valence-corrected chi connectivity index (χ1v) is 16.7. The molecule has 0 aliphatic heterocycles. The fourth-order valence-corrected chi connectivity index (χ4v) is 6.24. The van der Waals surface area contributed by atoms with Gasteiger partial charge in [-0.15, -0.1) is 23.1 Å². The molecule has 0 aliphatic carbocycles. The van der Waals surface area contributed by atoms with Crippen molar-refractivity contribution in [1.82, 2.24) is 10.3 Å². The Bertz CT molecular complexity index is 2090. The average molecular weight is 655 g/mol. The molecule has 0 atom stereocenters. The zero-order chi connectivity index (χ0) is 32.6. The Morgan fingerprint density at radius 1 is 0.787 bits per heavy atom. The molecule has 9 heteroatoms. The van der Waals surface area contributed by atoms with Crippen LogP contribution in [-0.2, 0) is 9.59 Å². The summed E-state index contributed by atoms with van der Waals surface area (Å²) >= 11 is 2.72. The third kappa shape index (κ3) is 8.40. The van der Waals surface area contributed by atoms with Crippen molar-refractivity contribution in [3.63, 3.8) is 0 Å². The summed E-state index contributed by atoms with van der Waals surface area (Å²) in [5.74, 6) is -0.885. The number of nitrogens with one attached hydrogen (secondary N) is 3. The summed E-state index contributed by atoms with van der Waals surface area (Å²) in [6.45, 7) is 1.98. The van der Waals surface area contributed by atoms with Gasteiger partial charge in [-0.1, -0.05) is 90.5 Å². The number of rotatable bonds is 10. The Kier molecular flexibility index (Phi) is 9.86. The zero-order valence-electron chi connectivity index (χ0n) is 25.4. The van der Waals surface area contributed by atoms with Crippen molar-refractivity contribution in [2.75, 3.05) is 16.4 Å². The number of carbonyl (C=O) groups is 3. The highest BCUT2D eigenvalue weighted by Gasteiger charge is 2.16. The standard InChI is InChI=1S/C38H30N4O3S2/c1-25-14-16-26(17-15-25)20-33(40-36(44)28-9-3-2-4-10-28)37(45)39-31-12-7-13-32(22-31)46-24-35(43)42-38-41-34(23-47-38)30-19-18-27-8-5-6-11-29(27)21-30/h2-23H,24H2,1H3,(H,39,45)(H,40,44)(H,41,42,43)/b33-20-. The van der Waals surface area contributed by atoms with Crippen LogP contribution >= 0.6 is 23.1 Å². The van der Waals surface area contributed by atoms with Crippen molar-refractivity contribution < 1.29 is 14.4 Å². The SMILES string of the molecule is Cc1ccc(/C=C(\NC(=O)c2ccccc2)C(=O)Nc2cccc(SCC(=O)Nc3nc(-c4ccc5ccccc5c4)cs3)c2)cc1. The predicted octanol–water partition coefficient (Wildman–Crippen LogP) is 8.41. The number of thiazole rings is 1. The van der Waals surface area contributed by atoms with Gasteiger partial charge in [0.2, 0.25) is 5.91 Å². The first kappa shape index (κ1) is 31.5. The summed E-state index contributed by atoms with van der Waals surface area (Å²) < 4.78 is 0. The number of hydrogen-bond acceptors (Lipinski definition) is 6. The molecule has 1 heterocycles. The second-order valence-electron chi connectivity index (χ2n) is 10.7. The Balaban J connectivity index is 1.08. The van der Waals surface area contributed by atoms with Crippen LogP contribution in [0, 0.1) is 6.92 Å². The Labute approximate surface area is 280 Å². The first-order valence-electron chi connectivity index (χ1n) is 14.8. The highest BCUT2D eigenvalue weighted by molar-refractivity contribution is 8.00. The van der Waals surface area contributed by atoms with E-state index in [2.05, 4.69) is 45.2 Å². The van der Waals surface area contributed by atoms with Gasteiger partial charge in [-0.2, -0.15) is 0 Å². The van der Waals surface area contributed by atoms with Gasteiger partial charge in [-0.05, 0) is 65.7 Å². The van der Waals surface area contributed by atoms with Crippen LogP contribution in [0.3, 0.4) is 0 Å². The van der Waals surface area contributed by atoms with Crippen molar-refractivity contribution in [2.24, 2.45) is 0 Å². The van der Waals surface area contributed by atoms with Crippen LogP contribution in [0.2, 0.25) is 0 Å². The molecule has 3 N–H and O–H groups in total. The van der Waals surface area contributed by atoms with E-state index in [9.17, 15) is 14.4 Å². The number of hydrogen-bond donors (Lipinski definition) is 3. The monoisotopic (exact) mass is 654 g/mol.